The van der Waals surface area contributed by atoms with Gasteiger partial charge in [0.05, 0.1) is 17.6 Å². The number of aromatic nitrogens is 3. The van der Waals surface area contributed by atoms with Gasteiger partial charge < -0.3 is 9.72 Å². The maximum atomic E-state index is 12.0. The molecule has 6 heteroatoms. The number of imidazole rings is 1. The van der Waals surface area contributed by atoms with Crippen molar-refractivity contribution in [3.8, 4) is 0 Å². The number of carbonyl (C=O) groups excluding carboxylic acids is 1. The largest absolute Gasteiger partial charge is 0.461 e. The van der Waals surface area contributed by atoms with Gasteiger partial charge in [-0.3, -0.25) is 0 Å². The Balaban J connectivity index is 1.80. The van der Waals surface area contributed by atoms with Crippen molar-refractivity contribution in [2.24, 2.45) is 0 Å². The first-order valence-corrected chi connectivity index (χ1v) is 8.78. The molecule has 0 spiro atoms. The summed E-state index contributed by atoms with van der Waals surface area (Å²) in [6.07, 6.45) is 1.60. The predicted octanol–water partition coefficient (Wildman–Crippen LogP) is 4.04. The van der Waals surface area contributed by atoms with E-state index in [2.05, 4.69) is 40.9 Å². The second-order valence-electron chi connectivity index (χ2n) is 5.52. The van der Waals surface area contributed by atoms with E-state index in [9.17, 15) is 4.79 Å². The Morgan fingerprint density at radius 1 is 1.29 bits per heavy atom. The third-order valence-corrected chi connectivity index (χ3v) is 4.72. The SMILES string of the molecule is CCOC(=O)c1ncccc1CSc1nc2cc(C)c(C)cc2[nH]1. The smallest absolute Gasteiger partial charge is 0.357 e. The van der Waals surface area contributed by atoms with E-state index in [1.54, 1.807) is 24.9 Å². The van der Waals surface area contributed by atoms with Gasteiger partial charge in [-0.25, -0.2) is 14.8 Å². The van der Waals surface area contributed by atoms with Gasteiger partial charge in [-0.15, -0.1) is 0 Å². The number of esters is 1. The van der Waals surface area contributed by atoms with Gasteiger partial charge in [-0.2, -0.15) is 0 Å². The predicted molar refractivity (Wildman–Crippen MR) is 95.3 cm³/mol. The molecule has 0 bridgehead atoms. The molecule has 0 saturated heterocycles. The molecule has 124 valence electrons. The summed E-state index contributed by atoms with van der Waals surface area (Å²) in [6, 6.07) is 7.91. The normalized spacial score (nSPS) is 11.0. The van der Waals surface area contributed by atoms with Gasteiger partial charge in [-0.1, -0.05) is 17.8 Å². The topological polar surface area (TPSA) is 67.9 Å². The van der Waals surface area contributed by atoms with E-state index >= 15 is 0 Å². The third-order valence-electron chi connectivity index (χ3n) is 3.80. The van der Waals surface area contributed by atoms with Crippen LogP contribution in [-0.4, -0.2) is 27.5 Å². The fourth-order valence-corrected chi connectivity index (χ4v) is 3.27. The molecule has 0 aliphatic rings. The molecule has 0 radical (unpaired) electrons. The number of hydrogen-bond donors (Lipinski definition) is 1. The molecule has 2 heterocycles. The van der Waals surface area contributed by atoms with E-state index in [1.165, 1.54) is 11.1 Å². The quantitative estimate of drug-likeness (QED) is 0.560. The Labute approximate surface area is 144 Å². The molecule has 0 fully saturated rings. The van der Waals surface area contributed by atoms with E-state index in [0.29, 0.717) is 18.1 Å². The van der Waals surface area contributed by atoms with Crippen molar-refractivity contribution >= 4 is 28.8 Å². The molecule has 1 N–H and O–H groups in total. The second kappa shape index (κ2) is 7.05. The monoisotopic (exact) mass is 341 g/mol. The van der Waals surface area contributed by atoms with Crippen molar-refractivity contribution in [3.63, 3.8) is 0 Å². The Kier molecular flexibility index (Phi) is 4.85. The zero-order valence-electron chi connectivity index (χ0n) is 13.9. The van der Waals surface area contributed by atoms with Gasteiger partial charge >= 0.3 is 5.97 Å². The number of fused-ring (bicyclic) bond motifs is 1. The lowest BCUT2D eigenvalue weighted by Gasteiger charge is -2.06. The number of aryl methyl sites for hydroxylation is 2. The van der Waals surface area contributed by atoms with Crippen molar-refractivity contribution in [2.45, 2.75) is 31.7 Å². The summed E-state index contributed by atoms with van der Waals surface area (Å²) in [5, 5.41) is 0.827. The molecular formula is C18H19N3O2S. The Morgan fingerprint density at radius 3 is 2.88 bits per heavy atom. The number of carbonyl (C=O) groups is 1. The number of nitrogens with zero attached hydrogens (tertiary/aromatic N) is 2. The Hall–Kier alpha value is -2.34. The summed E-state index contributed by atoms with van der Waals surface area (Å²) in [5.74, 6) is 0.212. The summed E-state index contributed by atoms with van der Waals surface area (Å²) in [4.78, 5) is 24.1. The van der Waals surface area contributed by atoms with Crippen molar-refractivity contribution in [1.82, 2.24) is 15.0 Å². The molecule has 0 aliphatic heterocycles. The number of pyridine rings is 1. The Bertz CT molecular complexity index is 850. The van der Waals surface area contributed by atoms with Crippen molar-refractivity contribution in [2.75, 3.05) is 6.61 Å². The highest BCUT2D eigenvalue weighted by atomic mass is 32.2. The van der Waals surface area contributed by atoms with Crippen LogP contribution in [0.4, 0.5) is 0 Å². The van der Waals surface area contributed by atoms with Crippen LogP contribution < -0.4 is 0 Å². The van der Waals surface area contributed by atoms with Crippen LogP contribution >= 0.6 is 11.8 Å². The van der Waals surface area contributed by atoms with E-state index in [4.69, 9.17) is 4.74 Å². The van der Waals surface area contributed by atoms with Gasteiger partial charge in [0, 0.05) is 11.9 Å². The van der Waals surface area contributed by atoms with E-state index < -0.39 is 0 Å². The maximum absolute atomic E-state index is 12.0. The molecule has 2 aromatic heterocycles. The van der Waals surface area contributed by atoms with Crippen LogP contribution in [-0.2, 0) is 10.5 Å². The first kappa shape index (κ1) is 16.5. The minimum Gasteiger partial charge on any atom is -0.461 e. The number of aromatic amines is 1. The molecule has 3 rings (SSSR count). The van der Waals surface area contributed by atoms with Gasteiger partial charge in [-0.05, 0) is 55.7 Å². The second-order valence-corrected chi connectivity index (χ2v) is 6.48. The molecule has 24 heavy (non-hydrogen) atoms. The number of ether oxygens (including phenoxy) is 1. The van der Waals surface area contributed by atoms with Crippen molar-refractivity contribution in [1.29, 1.82) is 0 Å². The zero-order valence-corrected chi connectivity index (χ0v) is 14.7. The van der Waals surface area contributed by atoms with Crippen LogP contribution in [0.25, 0.3) is 11.0 Å². The average Bonchev–Trinajstić information content (AvgIpc) is 2.95. The summed E-state index contributed by atoms with van der Waals surface area (Å²) in [7, 11) is 0. The van der Waals surface area contributed by atoms with Crippen LogP contribution in [0.15, 0.2) is 35.6 Å². The first-order valence-electron chi connectivity index (χ1n) is 7.79. The molecular weight excluding hydrogens is 322 g/mol. The number of rotatable bonds is 5. The molecule has 5 nitrogen and oxygen atoms in total. The van der Waals surface area contributed by atoms with Gasteiger partial charge in [0.25, 0.3) is 0 Å². The van der Waals surface area contributed by atoms with Crippen LogP contribution in [0, 0.1) is 13.8 Å². The van der Waals surface area contributed by atoms with Crippen LogP contribution in [0.1, 0.15) is 34.1 Å². The molecule has 0 atom stereocenters. The van der Waals surface area contributed by atoms with Crippen molar-refractivity contribution < 1.29 is 9.53 Å². The van der Waals surface area contributed by atoms with Gasteiger partial charge in [0.1, 0.15) is 0 Å². The number of nitrogens with one attached hydrogen (secondary N) is 1. The minimum atomic E-state index is -0.385. The van der Waals surface area contributed by atoms with Crippen LogP contribution in [0.5, 0.6) is 0 Å². The number of benzene rings is 1. The lowest BCUT2D eigenvalue weighted by atomic mass is 10.1. The fourth-order valence-electron chi connectivity index (χ4n) is 2.40. The highest BCUT2D eigenvalue weighted by molar-refractivity contribution is 7.98. The van der Waals surface area contributed by atoms with Crippen molar-refractivity contribution in [3.05, 3.63) is 52.8 Å². The molecule has 0 amide bonds. The van der Waals surface area contributed by atoms with Gasteiger partial charge in [0.2, 0.25) is 0 Å². The third kappa shape index (κ3) is 3.43. The maximum Gasteiger partial charge on any atom is 0.357 e. The molecule has 3 aromatic rings. The van der Waals surface area contributed by atoms with E-state index in [-0.39, 0.29) is 5.97 Å². The van der Waals surface area contributed by atoms with Crippen LogP contribution in [0.3, 0.4) is 0 Å². The minimum absolute atomic E-state index is 0.338. The van der Waals surface area contributed by atoms with E-state index in [0.717, 1.165) is 21.8 Å². The number of hydrogen-bond acceptors (Lipinski definition) is 5. The molecule has 0 unspecified atom stereocenters. The molecule has 0 saturated carbocycles. The summed E-state index contributed by atoms with van der Waals surface area (Å²) in [6.45, 7) is 6.29. The summed E-state index contributed by atoms with van der Waals surface area (Å²) in [5.41, 5.74) is 5.65. The lowest BCUT2D eigenvalue weighted by Crippen LogP contribution is -2.10. The standard InChI is InChI=1S/C18H19N3O2S/c1-4-23-17(22)16-13(6-5-7-19-16)10-24-18-20-14-8-11(2)12(3)9-15(14)21-18/h5-9H,4,10H2,1-3H3,(H,20,21). The number of thioether (sulfide) groups is 1. The van der Waals surface area contributed by atoms with Crippen LogP contribution in [0.2, 0.25) is 0 Å². The molecule has 0 aliphatic carbocycles. The fraction of sp³-hybridized carbons (Fsp3) is 0.278. The first-order chi connectivity index (χ1) is 11.6. The average molecular weight is 341 g/mol. The zero-order chi connectivity index (χ0) is 17.1. The van der Waals surface area contributed by atoms with Gasteiger partial charge in [0.15, 0.2) is 10.9 Å². The molecule has 1 aromatic carbocycles. The highest BCUT2D eigenvalue weighted by Gasteiger charge is 2.14. The highest BCUT2D eigenvalue weighted by Crippen LogP contribution is 2.25. The summed E-state index contributed by atoms with van der Waals surface area (Å²) >= 11 is 1.55. The lowest BCUT2D eigenvalue weighted by molar-refractivity contribution is 0.0518. The van der Waals surface area contributed by atoms with E-state index in [1.807, 2.05) is 12.1 Å². The number of H-pyrrole nitrogens is 1. The Morgan fingerprint density at radius 2 is 2.08 bits per heavy atom. The summed E-state index contributed by atoms with van der Waals surface area (Å²) < 4.78 is 5.06.